The second kappa shape index (κ2) is 4.01. The van der Waals surface area contributed by atoms with Gasteiger partial charge in [0.15, 0.2) is 0 Å². The first-order valence-corrected chi connectivity index (χ1v) is 5.20. The van der Waals surface area contributed by atoms with Crippen LogP contribution in [0.3, 0.4) is 0 Å². The Kier molecular flexibility index (Phi) is 2.73. The molecule has 0 saturated carbocycles. The average molecular weight is 191 g/mol. The number of hydrogen-bond donors (Lipinski definition) is 1. The third-order valence-electron chi connectivity index (χ3n) is 2.73. The summed E-state index contributed by atoms with van der Waals surface area (Å²) in [5.41, 5.74) is 1.29. The number of hydrogen-bond acceptors (Lipinski definition) is 2. The summed E-state index contributed by atoms with van der Waals surface area (Å²) in [5.74, 6) is 2.05. The molecule has 0 unspecified atom stereocenters. The zero-order chi connectivity index (χ0) is 9.97. The lowest BCUT2D eigenvalue weighted by molar-refractivity contribution is 0.492. The van der Waals surface area contributed by atoms with E-state index in [4.69, 9.17) is 4.42 Å². The first-order chi connectivity index (χ1) is 6.75. The summed E-state index contributed by atoms with van der Waals surface area (Å²) in [6.07, 6.45) is 6.81. The van der Waals surface area contributed by atoms with Crippen molar-refractivity contribution in [1.82, 2.24) is 5.32 Å². The van der Waals surface area contributed by atoms with Gasteiger partial charge in [-0.1, -0.05) is 12.2 Å². The van der Waals surface area contributed by atoms with Crippen molar-refractivity contribution in [3.63, 3.8) is 0 Å². The van der Waals surface area contributed by atoms with Crippen LogP contribution in [0.15, 0.2) is 22.6 Å². The lowest BCUT2D eigenvalue weighted by Crippen LogP contribution is -2.25. The van der Waals surface area contributed by atoms with Crippen molar-refractivity contribution in [2.45, 2.75) is 39.3 Å². The maximum absolute atomic E-state index is 5.47. The molecule has 0 bridgehead atoms. The molecule has 2 heteroatoms. The molecular formula is C12H17NO. The zero-order valence-electron chi connectivity index (χ0n) is 8.84. The Morgan fingerprint density at radius 1 is 1.36 bits per heavy atom. The van der Waals surface area contributed by atoms with Crippen LogP contribution in [0, 0.1) is 13.8 Å². The first-order valence-electron chi connectivity index (χ1n) is 5.20. The van der Waals surface area contributed by atoms with Crippen LogP contribution in [-0.4, -0.2) is 6.04 Å². The van der Waals surface area contributed by atoms with Crippen molar-refractivity contribution in [2.75, 3.05) is 0 Å². The molecule has 0 aromatic carbocycles. The van der Waals surface area contributed by atoms with E-state index in [1.165, 1.54) is 5.56 Å². The molecule has 1 aromatic heterocycles. The van der Waals surface area contributed by atoms with Crippen LogP contribution in [0.1, 0.15) is 29.9 Å². The molecule has 1 aliphatic rings. The van der Waals surface area contributed by atoms with Crippen molar-refractivity contribution in [3.8, 4) is 0 Å². The van der Waals surface area contributed by atoms with E-state index < -0.39 is 0 Å². The normalized spacial score (nSPS) is 16.7. The van der Waals surface area contributed by atoms with Crippen LogP contribution in [-0.2, 0) is 6.54 Å². The predicted molar refractivity (Wildman–Crippen MR) is 57.2 cm³/mol. The Labute approximate surface area is 85.0 Å². The van der Waals surface area contributed by atoms with Gasteiger partial charge in [-0.2, -0.15) is 0 Å². The second-order valence-corrected chi connectivity index (χ2v) is 3.96. The number of rotatable bonds is 3. The Morgan fingerprint density at radius 2 is 2.07 bits per heavy atom. The van der Waals surface area contributed by atoms with Crippen LogP contribution >= 0.6 is 0 Å². The van der Waals surface area contributed by atoms with Crippen molar-refractivity contribution in [3.05, 3.63) is 35.3 Å². The van der Waals surface area contributed by atoms with Gasteiger partial charge in [-0.05, 0) is 32.8 Å². The molecule has 0 aliphatic heterocycles. The first kappa shape index (κ1) is 9.53. The van der Waals surface area contributed by atoms with E-state index in [2.05, 4.69) is 23.5 Å². The maximum Gasteiger partial charge on any atom is 0.105 e. The minimum atomic E-state index is 0.629. The van der Waals surface area contributed by atoms with E-state index in [9.17, 15) is 0 Å². The highest BCUT2D eigenvalue weighted by atomic mass is 16.3. The largest absolute Gasteiger partial charge is 0.466 e. The SMILES string of the molecule is Cc1cc(CNC2CC=CC2)c(C)o1. The number of nitrogens with one attached hydrogen (secondary N) is 1. The van der Waals surface area contributed by atoms with Crippen molar-refractivity contribution < 1.29 is 4.42 Å². The Morgan fingerprint density at radius 3 is 2.64 bits per heavy atom. The van der Waals surface area contributed by atoms with Gasteiger partial charge in [0, 0.05) is 18.2 Å². The molecule has 0 saturated heterocycles. The van der Waals surface area contributed by atoms with Gasteiger partial charge in [-0.15, -0.1) is 0 Å². The molecule has 1 heterocycles. The molecule has 0 atom stereocenters. The minimum Gasteiger partial charge on any atom is -0.466 e. The van der Waals surface area contributed by atoms with Crippen LogP contribution in [0.2, 0.25) is 0 Å². The van der Waals surface area contributed by atoms with Crippen LogP contribution in [0.25, 0.3) is 0 Å². The lowest BCUT2D eigenvalue weighted by Gasteiger charge is -2.10. The van der Waals surface area contributed by atoms with Gasteiger partial charge >= 0.3 is 0 Å². The van der Waals surface area contributed by atoms with Crippen molar-refractivity contribution in [2.24, 2.45) is 0 Å². The maximum atomic E-state index is 5.47. The summed E-state index contributed by atoms with van der Waals surface area (Å²) in [6.45, 7) is 4.94. The fourth-order valence-corrected chi connectivity index (χ4v) is 1.90. The van der Waals surface area contributed by atoms with E-state index in [1.54, 1.807) is 0 Å². The molecule has 2 rings (SSSR count). The summed E-state index contributed by atoms with van der Waals surface area (Å²) in [4.78, 5) is 0. The van der Waals surface area contributed by atoms with Crippen LogP contribution in [0.5, 0.6) is 0 Å². The average Bonchev–Trinajstić information content (AvgIpc) is 2.72. The fourth-order valence-electron chi connectivity index (χ4n) is 1.90. The van der Waals surface area contributed by atoms with E-state index in [0.29, 0.717) is 6.04 Å². The molecule has 0 fully saturated rings. The standard InChI is InChI=1S/C12H17NO/c1-9-7-11(10(2)14-9)8-13-12-5-3-4-6-12/h3-4,7,12-13H,5-6,8H2,1-2H3. The molecule has 1 N–H and O–H groups in total. The molecular weight excluding hydrogens is 174 g/mol. The summed E-state index contributed by atoms with van der Waals surface area (Å²) in [5, 5.41) is 3.53. The quantitative estimate of drug-likeness (QED) is 0.743. The van der Waals surface area contributed by atoms with E-state index >= 15 is 0 Å². The monoisotopic (exact) mass is 191 g/mol. The molecule has 1 aliphatic carbocycles. The Balaban J connectivity index is 1.88. The summed E-state index contributed by atoms with van der Waals surface area (Å²) in [7, 11) is 0. The van der Waals surface area contributed by atoms with Crippen LogP contribution in [0.4, 0.5) is 0 Å². The summed E-state index contributed by atoms with van der Waals surface area (Å²) >= 11 is 0. The van der Waals surface area contributed by atoms with Crippen LogP contribution < -0.4 is 5.32 Å². The van der Waals surface area contributed by atoms with Gasteiger partial charge in [0.1, 0.15) is 11.5 Å². The molecule has 0 amide bonds. The predicted octanol–water partition coefficient (Wildman–Crippen LogP) is 2.70. The van der Waals surface area contributed by atoms with Gasteiger partial charge < -0.3 is 9.73 Å². The van der Waals surface area contributed by atoms with Gasteiger partial charge in [0.05, 0.1) is 0 Å². The molecule has 0 spiro atoms. The van der Waals surface area contributed by atoms with Gasteiger partial charge in [0.25, 0.3) is 0 Å². The van der Waals surface area contributed by atoms with Gasteiger partial charge in [-0.3, -0.25) is 0 Å². The molecule has 14 heavy (non-hydrogen) atoms. The second-order valence-electron chi connectivity index (χ2n) is 3.96. The minimum absolute atomic E-state index is 0.629. The highest BCUT2D eigenvalue weighted by molar-refractivity contribution is 5.20. The van der Waals surface area contributed by atoms with Gasteiger partial charge in [0.2, 0.25) is 0 Å². The molecule has 2 nitrogen and oxygen atoms in total. The summed E-state index contributed by atoms with van der Waals surface area (Å²) < 4.78 is 5.47. The topological polar surface area (TPSA) is 25.2 Å². The van der Waals surface area contributed by atoms with Gasteiger partial charge in [-0.25, -0.2) is 0 Å². The Bertz CT molecular complexity index is 330. The van der Waals surface area contributed by atoms with E-state index in [-0.39, 0.29) is 0 Å². The molecule has 76 valence electrons. The smallest absolute Gasteiger partial charge is 0.105 e. The number of furan rings is 1. The third-order valence-corrected chi connectivity index (χ3v) is 2.73. The van der Waals surface area contributed by atoms with E-state index in [1.807, 2.05) is 13.8 Å². The Hall–Kier alpha value is -1.02. The zero-order valence-corrected chi connectivity index (χ0v) is 8.84. The van der Waals surface area contributed by atoms with E-state index in [0.717, 1.165) is 30.9 Å². The fraction of sp³-hybridized carbons (Fsp3) is 0.500. The number of aryl methyl sites for hydroxylation is 2. The third kappa shape index (κ3) is 2.07. The molecule has 0 radical (unpaired) electrons. The highest BCUT2D eigenvalue weighted by Crippen LogP contribution is 2.15. The highest BCUT2D eigenvalue weighted by Gasteiger charge is 2.10. The lowest BCUT2D eigenvalue weighted by atomic mass is 10.2. The van der Waals surface area contributed by atoms with Crippen molar-refractivity contribution >= 4 is 0 Å². The summed E-state index contributed by atoms with van der Waals surface area (Å²) in [6, 6.07) is 2.75. The molecule has 1 aromatic rings. The van der Waals surface area contributed by atoms with Crippen molar-refractivity contribution in [1.29, 1.82) is 0 Å².